The van der Waals surface area contributed by atoms with E-state index < -0.39 is 18.8 Å². The van der Waals surface area contributed by atoms with E-state index in [2.05, 4.69) is 5.32 Å². The molecule has 2 nitrogen and oxygen atoms in total. The molecule has 0 bridgehead atoms. The van der Waals surface area contributed by atoms with Crippen LogP contribution >= 0.6 is 23.2 Å². The molecule has 0 aliphatic carbocycles. The van der Waals surface area contributed by atoms with Crippen LogP contribution < -0.4 is 5.32 Å². The van der Waals surface area contributed by atoms with Crippen molar-refractivity contribution in [2.24, 2.45) is 0 Å². The maximum absolute atomic E-state index is 12.0. The van der Waals surface area contributed by atoms with Gasteiger partial charge in [-0.1, -0.05) is 23.2 Å². The first kappa shape index (κ1) is 14.1. The predicted molar refractivity (Wildman–Crippen MR) is 58.9 cm³/mol. The standard InChI is InChI=1S/C10H7Cl2F3N2/c11-6-1-2-8(12)7(3-6)9(4-16)17-5-10(13,14)15/h1-3,9,17H,5H2. The highest BCUT2D eigenvalue weighted by molar-refractivity contribution is 6.33. The van der Waals surface area contributed by atoms with Gasteiger partial charge in [-0.15, -0.1) is 0 Å². The van der Waals surface area contributed by atoms with Crippen LogP contribution in [0.1, 0.15) is 11.6 Å². The van der Waals surface area contributed by atoms with Gasteiger partial charge in [0.25, 0.3) is 0 Å². The lowest BCUT2D eigenvalue weighted by molar-refractivity contribution is -0.125. The normalized spacial score (nSPS) is 13.2. The number of rotatable bonds is 3. The van der Waals surface area contributed by atoms with Crippen LogP contribution in [0.4, 0.5) is 13.2 Å². The minimum atomic E-state index is -4.39. The molecule has 7 heteroatoms. The van der Waals surface area contributed by atoms with E-state index in [1.54, 1.807) is 6.07 Å². The lowest BCUT2D eigenvalue weighted by atomic mass is 10.1. The zero-order chi connectivity index (χ0) is 13.1. The fourth-order valence-electron chi connectivity index (χ4n) is 1.18. The highest BCUT2D eigenvalue weighted by Gasteiger charge is 2.28. The average molecular weight is 283 g/mol. The topological polar surface area (TPSA) is 35.8 Å². The summed E-state index contributed by atoms with van der Waals surface area (Å²) >= 11 is 11.5. The SMILES string of the molecule is N#CC(NCC(F)(F)F)c1cc(Cl)ccc1Cl. The number of nitriles is 1. The molecule has 92 valence electrons. The van der Waals surface area contributed by atoms with E-state index in [9.17, 15) is 13.2 Å². The van der Waals surface area contributed by atoms with Crippen molar-refractivity contribution in [1.82, 2.24) is 5.32 Å². The highest BCUT2D eigenvalue weighted by Crippen LogP contribution is 2.26. The number of nitrogens with one attached hydrogen (secondary N) is 1. The van der Waals surface area contributed by atoms with Crippen LogP contribution in [0.25, 0.3) is 0 Å². The summed E-state index contributed by atoms with van der Waals surface area (Å²) < 4.78 is 36.1. The molecule has 1 rings (SSSR count). The fraction of sp³-hybridized carbons (Fsp3) is 0.300. The van der Waals surface area contributed by atoms with Gasteiger partial charge in [0.05, 0.1) is 12.6 Å². The van der Waals surface area contributed by atoms with Crippen molar-refractivity contribution in [2.45, 2.75) is 12.2 Å². The average Bonchev–Trinajstić information content (AvgIpc) is 2.22. The van der Waals surface area contributed by atoms with Gasteiger partial charge in [0.15, 0.2) is 0 Å². The Morgan fingerprint density at radius 3 is 2.53 bits per heavy atom. The van der Waals surface area contributed by atoms with Gasteiger partial charge in [0, 0.05) is 15.6 Å². The Bertz CT molecular complexity index is 440. The molecular formula is C10H7Cl2F3N2. The molecule has 1 unspecified atom stereocenters. The Kier molecular flexibility index (Phi) is 4.63. The number of hydrogen-bond acceptors (Lipinski definition) is 2. The van der Waals surface area contributed by atoms with Crippen molar-refractivity contribution in [3.05, 3.63) is 33.8 Å². The summed E-state index contributed by atoms with van der Waals surface area (Å²) in [5.74, 6) is 0. The van der Waals surface area contributed by atoms with Crippen LogP contribution in [0.15, 0.2) is 18.2 Å². The smallest absolute Gasteiger partial charge is 0.290 e. The van der Waals surface area contributed by atoms with Crippen molar-refractivity contribution in [2.75, 3.05) is 6.54 Å². The zero-order valence-corrected chi connectivity index (χ0v) is 9.87. The molecule has 0 amide bonds. The minimum absolute atomic E-state index is 0.190. The molecule has 17 heavy (non-hydrogen) atoms. The van der Waals surface area contributed by atoms with E-state index in [4.69, 9.17) is 28.5 Å². The number of benzene rings is 1. The lowest BCUT2D eigenvalue weighted by Gasteiger charge is -2.15. The van der Waals surface area contributed by atoms with Gasteiger partial charge >= 0.3 is 6.18 Å². The molecule has 0 spiro atoms. The van der Waals surface area contributed by atoms with E-state index in [-0.39, 0.29) is 10.6 Å². The summed E-state index contributed by atoms with van der Waals surface area (Å²) in [5, 5.41) is 11.4. The van der Waals surface area contributed by atoms with Gasteiger partial charge in [-0.25, -0.2) is 0 Å². The number of nitrogens with zero attached hydrogens (tertiary/aromatic N) is 1. The molecule has 0 saturated heterocycles. The molecule has 0 aliphatic rings. The van der Waals surface area contributed by atoms with Gasteiger partial charge < -0.3 is 0 Å². The van der Waals surface area contributed by atoms with Crippen LogP contribution in [0, 0.1) is 11.3 Å². The third-order valence-corrected chi connectivity index (χ3v) is 2.48. The Morgan fingerprint density at radius 2 is 2.00 bits per heavy atom. The maximum atomic E-state index is 12.0. The molecule has 1 N–H and O–H groups in total. The van der Waals surface area contributed by atoms with Gasteiger partial charge in [0.1, 0.15) is 6.04 Å². The van der Waals surface area contributed by atoms with Gasteiger partial charge in [0.2, 0.25) is 0 Å². The summed E-state index contributed by atoms with van der Waals surface area (Å²) in [6.07, 6.45) is -4.39. The van der Waals surface area contributed by atoms with E-state index in [0.29, 0.717) is 5.02 Å². The second kappa shape index (κ2) is 5.58. The van der Waals surface area contributed by atoms with Crippen molar-refractivity contribution >= 4 is 23.2 Å². The fourth-order valence-corrected chi connectivity index (χ4v) is 1.59. The zero-order valence-electron chi connectivity index (χ0n) is 8.35. The quantitative estimate of drug-likeness (QED) is 0.917. The summed E-state index contributed by atoms with van der Waals surface area (Å²) in [7, 11) is 0. The predicted octanol–water partition coefficient (Wildman–Crippen LogP) is 3.71. The summed E-state index contributed by atoms with van der Waals surface area (Å²) in [4.78, 5) is 0. The molecule has 1 aromatic rings. The van der Waals surface area contributed by atoms with E-state index in [0.717, 1.165) is 0 Å². The van der Waals surface area contributed by atoms with Crippen LogP contribution in [0.3, 0.4) is 0 Å². The van der Waals surface area contributed by atoms with Gasteiger partial charge in [-0.2, -0.15) is 18.4 Å². The molecule has 0 aliphatic heterocycles. The molecular weight excluding hydrogens is 276 g/mol. The number of halogens is 5. The lowest BCUT2D eigenvalue weighted by Crippen LogP contribution is -2.31. The maximum Gasteiger partial charge on any atom is 0.401 e. The van der Waals surface area contributed by atoms with Crippen molar-refractivity contribution in [3.63, 3.8) is 0 Å². The molecule has 0 radical (unpaired) electrons. The third kappa shape index (κ3) is 4.43. The minimum Gasteiger partial charge on any atom is -0.290 e. The number of hydrogen-bond donors (Lipinski definition) is 1. The van der Waals surface area contributed by atoms with Crippen LogP contribution in [0.2, 0.25) is 10.0 Å². The second-order valence-corrected chi connectivity index (χ2v) is 4.07. The first-order chi connectivity index (χ1) is 7.83. The molecule has 1 aromatic carbocycles. The van der Waals surface area contributed by atoms with E-state index >= 15 is 0 Å². The first-order valence-corrected chi connectivity index (χ1v) is 5.24. The monoisotopic (exact) mass is 282 g/mol. The molecule has 0 aromatic heterocycles. The Labute approximate surface area is 106 Å². The van der Waals surface area contributed by atoms with Crippen molar-refractivity contribution in [1.29, 1.82) is 5.26 Å². The largest absolute Gasteiger partial charge is 0.401 e. The Balaban J connectivity index is 2.88. The molecule has 0 fully saturated rings. The van der Waals surface area contributed by atoms with Gasteiger partial charge in [-0.05, 0) is 18.2 Å². The molecule has 0 heterocycles. The van der Waals surface area contributed by atoms with E-state index in [1.165, 1.54) is 18.2 Å². The van der Waals surface area contributed by atoms with Crippen LogP contribution in [-0.4, -0.2) is 12.7 Å². The summed E-state index contributed by atoms with van der Waals surface area (Å²) in [6, 6.07) is 4.84. The van der Waals surface area contributed by atoms with Crippen molar-refractivity contribution in [3.8, 4) is 6.07 Å². The third-order valence-electron chi connectivity index (χ3n) is 1.90. The molecule has 0 saturated carbocycles. The number of alkyl halides is 3. The van der Waals surface area contributed by atoms with Crippen LogP contribution in [-0.2, 0) is 0 Å². The first-order valence-electron chi connectivity index (χ1n) is 4.48. The van der Waals surface area contributed by atoms with E-state index in [1.807, 2.05) is 0 Å². The summed E-state index contributed by atoms with van der Waals surface area (Å²) in [6.45, 7) is -1.27. The second-order valence-electron chi connectivity index (χ2n) is 3.22. The Hall–Kier alpha value is -0.960. The van der Waals surface area contributed by atoms with Crippen LogP contribution in [0.5, 0.6) is 0 Å². The highest BCUT2D eigenvalue weighted by atomic mass is 35.5. The van der Waals surface area contributed by atoms with Gasteiger partial charge in [-0.3, -0.25) is 5.32 Å². The Morgan fingerprint density at radius 1 is 1.35 bits per heavy atom. The van der Waals surface area contributed by atoms with Crippen molar-refractivity contribution < 1.29 is 13.2 Å². The summed E-state index contributed by atoms with van der Waals surface area (Å²) in [5.41, 5.74) is 0.228. The molecule has 1 atom stereocenters.